The molecule has 13 heavy (non-hydrogen) atoms. The van der Waals surface area contributed by atoms with Gasteiger partial charge in [-0.1, -0.05) is 0 Å². The van der Waals surface area contributed by atoms with Crippen molar-refractivity contribution in [3.63, 3.8) is 0 Å². The Morgan fingerprint density at radius 1 is 1.31 bits per heavy atom. The van der Waals surface area contributed by atoms with Gasteiger partial charge < -0.3 is 0 Å². The molecule has 0 N–H and O–H groups in total. The molecule has 0 atom stereocenters. The van der Waals surface area contributed by atoms with E-state index in [1.807, 2.05) is 17.5 Å². The van der Waals surface area contributed by atoms with Crippen molar-refractivity contribution in [1.29, 1.82) is 0 Å². The van der Waals surface area contributed by atoms with Crippen molar-refractivity contribution < 1.29 is 0 Å². The van der Waals surface area contributed by atoms with Crippen LogP contribution in [0.2, 0.25) is 0 Å². The van der Waals surface area contributed by atoms with Crippen LogP contribution in [0.4, 0.5) is 0 Å². The fourth-order valence-electron chi connectivity index (χ4n) is 1.01. The molecule has 0 aliphatic carbocycles. The predicted molar refractivity (Wildman–Crippen MR) is 58.0 cm³/mol. The van der Waals surface area contributed by atoms with Crippen LogP contribution in [0.5, 0.6) is 0 Å². The quantitative estimate of drug-likeness (QED) is 0.768. The average Bonchev–Trinajstić information content (AvgIpc) is 2.67. The number of thiazole rings is 1. The van der Waals surface area contributed by atoms with E-state index in [0.29, 0.717) is 5.75 Å². The van der Waals surface area contributed by atoms with Crippen LogP contribution in [-0.4, -0.2) is 9.97 Å². The number of hydrogen-bond acceptors (Lipinski definition) is 4. The molecular weight excluding hydrogens is 200 g/mol. The molecule has 0 unspecified atom stereocenters. The minimum atomic E-state index is 0.696. The van der Waals surface area contributed by atoms with Crippen LogP contribution >= 0.6 is 24.0 Å². The standard InChI is InChI=1S/C9H8N2S2/c12-5-8-6-13-9(11-8)7-1-3-10-4-2-7/h1-4,6,12H,5H2. The molecule has 2 aromatic rings. The van der Waals surface area contributed by atoms with E-state index < -0.39 is 0 Å². The number of aromatic nitrogens is 2. The first kappa shape index (κ1) is 8.72. The fourth-order valence-corrected chi connectivity index (χ4v) is 2.12. The maximum atomic E-state index is 4.41. The van der Waals surface area contributed by atoms with E-state index in [-0.39, 0.29) is 0 Å². The lowest BCUT2D eigenvalue weighted by atomic mass is 10.3. The molecular formula is C9H8N2S2. The summed E-state index contributed by atoms with van der Waals surface area (Å²) in [6.07, 6.45) is 3.55. The Bertz CT molecular complexity index is 384. The highest BCUT2D eigenvalue weighted by atomic mass is 32.1. The lowest BCUT2D eigenvalue weighted by molar-refractivity contribution is 1.24. The van der Waals surface area contributed by atoms with Gasteiger partial charge in [0.05, 0.1) is 5.69 Å². The van der Waals surface area contributed by atoms with Crippen LogP contribution in [0, 0.1) is 0 Å². The summed E-state index contributed by atoms with van der Waals surface area (Å²) in [6.45, 7) is 0. The van der Waals surface area contributed by atoms with Crippen molar-refractivity contribution in [2.45, 2.75) is 5.75 Å². The van der Waals surface area contributed by atoms with Gasteiger partial charge in [0.25, 0.3) is 0 Å². The van der Waals surface area contributed by atoms with Crippen molar-refractivity contribution in [1.82, 2.24) is 9.97 Å². The maximum absolute atomic E-state index is 4.41. The summed E-state index contributed by atoms with van der Waals surface area (Å²) in [5, 5.41) is 3.06. The summed E-state index contributed by atoms with van der Waals surface area (Å²) in [7, 11) is 0. The van der Waals surface area contributed by atoms with Crippen molar-refractivity contribution in [3.05, 3.63) is 35.6 Å². The van der Waals surface area contributed by atoms with Crippen molar-refractivity contribution in [2.75, 3.05) is 0 Å². The topological polar surface area (TPSA) is 25.8 Å². The third-order valence-corrected chi connectivity index (χ3v) is 2.91. The summed E-state index contributed by atoms with van der Waals surface area (Å²) < 4.78 is 0. The lowest BCUT2D eigenvalue weighted by Gasteiger charge is -1.92. The normalized spacial score (nSPS) is 10.2. The average molecular weight is 208 g/mol. The predicted octanol–water partition coefficient (Wildman–Crippen LogP) is 2.63. The molecule has 0 saturated heterocycles. The van der Waals surface area contributed by atoms with Crippen molar-refractivity contribution in [2.24, 2.45) is 0 Å². The number of rotatable bonds is 2. The Balaban J connectivity index is 2.36. The molecule has 0 aromatic carbocycles. The van der Waals surface area contributed by atoms with Crippen LogP contribution in [0.3, 0.4) is 0 Å². The van der Waals surface area contributed by atoms with Gasteiger partial charge >= 0.3 is 0 Å². The molecule has 2 aromatic heterocycles. The smallest absolute Gasteiger partial charge is 0.123 e. The Morgan fingerprint density at radius 3 is 2.69 bits per heavy atom. The Labute approximate surface area is 86.1 Å². The third-order valence-electron chi connectivity index (χ3n) is 1.64. The Morgan fingerprint density at radius 2 is 2.08 bits per heavy atom. The molecule has 2 rings (SSSR count). The van der Waals surface area contributed by atoms with Gasteiger partial charge in [-0.2, -0.15) is 12.6 Å². The zero-order chi connectivity index (χ0) is 9.10. The summed E-state index contributed by atoms with van der Waals surface area (Å²) >= 11 is 5.81. The van der Waals surface area contributed by atoms with E-state index >= 15 is 0 Å². The molecule has 2 nitrogen and oxygen atoms in total. The minimum Gasteiger partial charge on any atom is -0.265 e. The van der Waals surface area contributed by atoms with Gasteiger partial charge in [0, 0.05) is 29.1 Å². The number of nitrogens with zero attached hydrogens (tertiary/aromatic N) is 2. The first-order valence-electron chi connectivity index (χ1n) is 3.86. The lowest BCUT2D eigenvalue weighted by Crippen LogP contribution is -1.79. The van der Waals surface area contributed by atoms with E-state index in [0.717, 1.165) is 16.3 Å². The fraction of sp³-hybridized carbons (Fsp3) is 0.111. The summed E-state index contributed by atoms with van der Waals surface area (Å²) in [5.41, 5.74) is 2.15. The van der Waals surface area contributed by atoms with Crippen LogP contribution < -0.4 is 0 Å². The van der Waals surface area contributed by atoms with Gasteiger partial charge in [-0.15, -0.1) is 11.3 Å². The highest BCUT2D eigenvalue weighted by Crippen LogP contribution is 2.23. The number of thiol groups is 1. The van der Waals surface area contributed by atoms with E-state index in [4.69, 9.17) is 0 Å². The molecule has 0 radical (unpaired) electrons. The molecule has 0 saturated carbocycles. The zero-order valence-corrected chi connectivity index (χ0v) is 8.55. The first-order valence-corrected chi connectivity index (χ1v) is 5.37. The maximum Gasteiger partial charge on any atom is 0.123 e. The van der Waals surface area contributed by atoms with Gasteiger partial charge in [-0.05, 0) is 12.1 Å². The van der Waals surface area contributed by atoms with Crippen LogP contribution in [0.25, 0.3) is 10.6 Å². The second-order valence-corrected chi connectivity index (χ2v) is 3.71. The van der Waals surface area contributed by atoms with Crippen molar-refractivity contribution >= 4 is 24.0 Å². The first-order chi connectivity index (χ1) is 6.40. The molecule has 0 spiro atoms. The van der Waals surface area contributed by atoms with E-state index in [2.05, 4.69) is 22.6 Å². The van der Waals surface area contributed by atoms with Gasteiger partial charge in [0.2, 0.25) is 0 Å². The van der Waals surface area contributed by atoms with Gasteiger partial charge in [0.15, 0.2) is 0 Å². The van der Waals surface area contributed by atoms with Crippen LogP contribution in [0.1, 0.15) is 5.69 Å². The molecule has 0 bridgehead atoms. The highest BCUT2D eigenvalue weighted by Gasteiger charge is 2.02. The van der Waals surface area contributed by atoms with E-state index in [1.165, 1.54) is 0 Å². The monoisotopic (exact) mass is 208 g/mol. The SMILES string of the molecule is SCc1csc(-c2ccncc2)n1. The molecule has 2 heterocycles. The molecule has 0 amide bonds. The Hall–Kier alpha value is -0.870. The van der Waals surface area contributed by atoms with Crippen LogP contribution in [-0.2, 0) is 5.75 Å². The summed E-state index contributed by atoms with van der Waals surface area (Å²) in [5.74, 6) is 0.696. The van der Waals surface area contributed by atoms with Gasteiger partial charge in [0.1, 0.15) is 5.01 Å². The molecule has 0 fully saturated rings. The Kier molecular flexibility index (Phi) is 2.61. The molecule has 66 valence electrons. The van der Waals surface area contributed by atoms with Gasteiger partial charge in [-0.25, -0.2) is 4.98 Å². The third kappa shape index (κ3) is 1.89. The van der Waals surface area contributed by atoms with E-state index in [9.17, 15) is 0 Å². The van der Waals surface area contributed by atoms with Gasteiger partial charge in [-0.3, -0.25) is 4.98 Å². The highest BCUT2D eigenvalue weighted by molar-refractivity contribution is 7.79. The van der Waals surface area contributed by atoms with Crippen molar-refractivity contribution in [3.8, 4) is 10.6 Å². The number of hydrogen-bond donors (Lipinski definition) is 1. The minimum absolute atomic E-state index is 0.696. The zero-order valence-electron chi connectivity index (χ0n) is 6.84. The molecule has 4 heteroatoms. The molecule has 0 aliphatic rings. The summed E-state index contributed by atoms with van der Waals surface area (Å²) in [6, 6.07) is 3.92. The second-order valence-electron chi connectivity index (χ2n) is 2.54. The summed E-state index contributed by atoms with van der Waals surface area (Å²) in [4.78, 5) is 8.37. The number of pyridine rings is 1. The second kappa shape index (κ2) is 3.89. The van der Waals surface area contributed by atoms with Crippen LogP contribution in [0.15, 0.2) is 29.9 Å². The van der Waals surface area contributed by atoms with E-state index in [1.54, 1.807) is 23.7 Å². The molecule has 0 aliphatic heterocycles. The largest absolute Gasteiger partial charge is 0.265 e.